The number of benzene rings is 2. The van der Waals surface area contributed by atoms with Gasteiger partial charge in [0.25, 0.3) is 5.91 Å². The van der Waals surface area contributed by atoms with Gasteiger partial charge in [0.2, 0.25) is 0 Å². The number of carbonyl (C=O) groups is 1. The number of nitrogens with one attached hydrogen (secondary N) is 1. The van der Waals surface area contributed by atoms with Gasteiger partial charge in [-0.2, -0.15) is 0 Å². The van der Waals surface area contributed by atoms with Crippen LogP contribution in [0.4, 0.5) is 5.69 Å². The highest BCUT2D eigenvalue weighted by Gasteiger charge is 2.15. The van der Waals surface area contributed by atoms with E-state index in [1.54, 1.807) is 0 Å². The van der Waals surface area contributed by atoms with Crippen molar-refractivity contribution < 1.29 is 4.79 Å². The minimum atomic E-state index is -0.0598. The largest absolute Gasteiger partial charge is 0.322 e. The van der Waals surface area contributed by atoms with Gasteiger partial charge in [0.15, 0.2) is 0 Å². The second kappa shape index (κ2) is 6.35. The molecular formula is C20H25NO. The maximum atomic E-state index is 12.3. The zero-order valence-corrected chi connectivity index (χ0v) is 14.2. The minimum Gasteiger partial charge on any atom is -0.322 e. The summed E-state index contributed by atoms with van der Waals surface area (Å²) in [6.45, 7) is 10.8. The van der Waals surface area contributed by atoms with Gasteiger partial charge >= 0.3 is 0 Å². The van der Waals surface area contributed by atoms with Crippen molar-refractivity contribution in [3.8, 4) is 0 Å². The van der Waals surface area contributed by atoms with Crippen molar-refractivity contribution in [3.05, 3.63) is 64.7 Å². The molecule has 2 heteroatoms. The number of rotatable bonds is 3. The Morgan fingerprint density at radius 2 is 1.55 bits per heavy atom. The summed E-state index contributed by atoms with van der Waals surface area (Å²) in [6.07, 6.45) is 1.03. The van der Waals surface area contributed by atoms with Gasteiger partial charge in [-0.05, 0) is 54.5 Å². The highest BCUT2D eigenvalue weighted by Crippen LogP contribution is 2.27. The van der Waals surface area contributed by atoms with Crippen LogP contribution >= 0.6 is 0 Å². The second-order valence-corrected chi connectivity index (χ2v) is 7.16. The smallest absolute Gasteiger partial charge is 0.255 e. The van der Waals surface area contributed by atoms with Crippen molar-refractivity contribution in [1.29, 1.82) is 0 Å². The molecule has 1 amide bonds. The first-order valence-electron chi connectivity index (χ1n) is 7.73. The fourth-order valence-corrected chi connectivity index (χ4v) is 2.74. The van der Waals surface area contributed by atoms with Crippen LogP contribution in [0.2, 0.25) is 0 Å². The van der Waals surface area contributed by atoms with Crippen LogP contribution in [-0.2, 0) is 6.42 Å². The van der Waals surface area contributed by atoms with Gasteiger partial charge in [0.05, 0.1) is 0 Å². The molecule has 0 aromatic heterocycles. The van der Waals surface area contributed by atoms with Crippen molar-refractivity contribution in [2.24, 2.45) is 5.41 Å². The first-order chi connectivity index (χ1) is 10.3. The molecule has 0 bridgehead atoms. The van der Waals surface area contributed by atoms with E-state index in [9.17, 15) is 4.79 Å². The van der Waals surface area contributed by atoms with Crippen LogP contribution < -0.4 is 5.32 Å². The Hall–Kier alpha value is -2.09. The normalized spacial score (nSPS) is 11.3. The lowest BCUT2D eigenvalue weighted by molar-refractivity contribution is 0.102. The molecule has 0 aliphatic carbocycles. The molecule has 0 aliphatic heterocycles. The fraction of sp³-hybridized carbons (Fsp3) is 0.350. The van der Waals surface area contributed by atoms with Gasteiger partial charge in [0.1, 0.15) is 0 Å². The predicted octanol–water partition coefficient (Wildman–Crippen LogP) is 5.14. The Morgan fingerprint density at radius 1 is 1.00 bits per heavy atom. The van der Waals surface area contributed by atoms with Crippen molar-refractivity contribution in [3.63, 3.8) is 0 Å². The first kappa shape index (κ1) is 16.3. The van der Waals surface area contributed by atoms with E-state index in [1.807, 2.05) is 30.3 Å². The van der Waals surface area contributed by atoms with Gasteiger partial charge in [-0.15, -0.1) is 0 Å². The maximum Gasteiger partial charge on any atom is 0.255 e. The van der Waals surface area contributed by atoms with Gasteiger partial charge in [0, 0.05) is 11.3 Å². The number of aryl methyl sites for hydroxylation is 2. The number of hydrogen-bond donors (Lipinski definition) is 1. The summed E-state index contributed by atoms with van der Waals surface area (Å²) >= 11 is 0. The van der Waals surface area contributed by atoms with Crippen molar-refractivity contribution >= 4 is 11.6 Å². The molecule has 0 aliphatic rings. The zero-order valence-electron chi connectivity index (χ0n) is 14.2. The standard InChI is InChI=1S/C20H25NO/c1-14-11-16(13-20(3,4)5)12-15(2)18(14)21-19(22)17-9-7-6-8-10-17/h6-12H,13H2,1-5H3,(H,21,22). The van der Waals surface area contributed by atoms with Crippen molar-refractivity contribution in [1.82, 2.24) is 0 Å². The highest BCUT2D eigenvalue weighted by molar-refractivity contribution is 6.05. The maximum absolute atomic E-state index is 12.3. The summed E-state index contributed by atoms with van der Waals surface area (Å²) in [4.78, 5) is 12.3. The third-order valence-electron chi connectivity index (χ3n) is 3.60. The quantitative estimate of drug-likeness (QED) is 0.834. The molecule has 22 heavy (non-hydrogen) atoms. The van der Waals surface area contributed by atoms with E-state index in [2.05, 4.69) is 52.1 Å². The summed E-state index contributed by atoms with van der Waals surface area (Å²) in [5.41, 5.74) is 5.41. The second-order valence-electron chi connectivity index (χ2n) is 7.16. The Labute approximate surface area is 133 Å². The van der Waals surface area contributed by atoms with Gasteiger partial charge in [-0.3, -0.25) is 4.79 Å². The first-order valence-corrected chi connectivity index (χ1v) is 7.73. The third kappa shape index (κ3) is 4.20. The Bertz CT molecular complexity index is 643. The van der Waals surface area contributed by atoms with Crippen LogP contribution in [0.1, 0.15) is 47.8 Å². The monoisotopic (exact) mass is 295 g/mol. The Morgan fingerprint density at radius 3 is 2.05 bits per heavy atom. The minimum absolute atomic E-state index is 0.0598. The molecule has 2 rings (SSSR count). The number of amides is 1. The lowest BCUT2D eigenvalue weighted by Crippen LogP contribution is -2.15. The molecule has 0 saturated carbocycles. The molecular weight excluding hydrogens is 270 g/mol. The van der Waals surface area contributed by atoms with E-state index < -0.39 is 0 Å². The van der Waals surface area contributed by atoms with Crippen molar-refractivity contribution in [2.45, 2.75) is 41.0 Å². The van der Waals surface area contributed by atoms with Crippen LogP contribution in [0.5, 0.6) is 0 Å². The molecule has 2 aromatic rings. The fourth-order valence-electron chi connectivity index (χ4n) is 2.74. The molecule has 0 fully saturated rings. The van der Waals surface area contributed by atoms with Crippen molar-refractivity contribution in [2.75, 3.05) is 5.32 Å². The molecule has 0 saturated heterocycles. The van der Waals surface area contributed by atoms with E-state index in [0.717, 1.165) is 23.2 Å². The lowest BCUT2D eigenvalue weighted by Gasteiger charge is -2.20. The Kier molecular flexibility index (Phi) is 4.70. The Balaban J connectivity index is 2.24. The van der Waals surface area contributed by atoms with Gasteiger partial charge in [-0.25, -0.2) is 0 Å². The number of hydrogen-bond acceptors (Lipinski definition) is 1. The van der Waals surface area contributed by atoms with Gasteiger partial charge < -0.3 is 5.32 Å². The molecule has 1 N–H and O–H groups in total. The third-order valence-corrected chi connectivity index (χ3v) is 3.60. The molecule has 0 heterocycles. The van der Waals surface area contributed by atoms with E-state index >= 15 is 0 Å². The van der Waals surface area contributed by atoms with E-state index in [-0.39, 0.29) is 11.3 Å². The van der Waals surface area contributed by atoms with Crippen LogP contribution in [-0.4, -0.2) is 5.91 Å². The van der Waals surface area contributed by atoms with E-state index in [1.165, 1.54) is 5.56 Å². The topological polar surface area (TPSA) is 29.1 Å². The van der Waals surface area contributed by atoms with E-state index in [0.29, 0.717) is 5.56 Å². The molecule has 0 spiro atoms. The summed E-state index contributed by atoms with van der Waals surface area (Å²) in [5.74, 6) is -0.0598. The molecule has 0 atom stereocenters. The molecule has 0 unspecified atom stereocenters. The zero-order chi connectivity index (χ0) is 16.3. The van der Waals surface area contributed by atoms with Crippen LogP contribution in [0.25, 0.3) is 0 Å². The summed E-state index contributed by atoms with van der Waals surface area (Å²) in [6, 6.07) is 13.7. The van der Waals surface area contributed by atoms with Gasteiger partial charge in [-0.1, -0.05) is 51.1 Å². The predicted molar refractivity (Wildman–Crippen MR) is 93.5 cm³/mol. The SMILES string of the molecule is Cc1cc(CC(C)(C)C)cc(C)c1NC(=O)c1ccccc1. The van der Waals surface area contributed by atoms with Crippen LogP contribution in [0.3, 0.4) is 0 Å². The summed E-state index contributed by atoms with van der Waals surface area (Å²) < 4.78 is 0. The van der Waals surface area contributed by atoms with Crippen LogP contribution in [0, 0.1) is 19.3 Å². The number of anilines is 1. The van der Waals surface area contributed by atoms with Crippen LogP contribution in [0.15, 0.2) is 42.5 Å². The molecule has 116 valence electrons. The lowest BCUT2D eigenvalue weighted by atomic mass is 9.87. The summed E-state index contributed by atoms with van der Waals surface area (Å²) in [5, 5.41) is 3.05. The average molecular weight is 295 g/mol. The molecule has 2 nitrogen and oxygen atoms in total. The molecule has 0 radical (unpaired) electrons. The highest BCUT2D eigenvalue weighted by atomic mass is 16.1. The van der Waals surface area contributed by atoms with E-state index in [4.69, 9.17) is 0 Å². The number of carbonyl (C=O) groups excluding carboxylic acids is 1. The average Bonchev–Trinajstić information content (AvgIpc) is 2.42. The molecule has 2 aromatic carbocycles. The summed E-state index contributed by atoms with van der Waals surface area (Å²) in [7, 11) is 0.